The Kier molecular flexibility index (Phi) is 5.74. The van der Waals surface area contributed by atoms with Gasteiger partial charge in [-0.1, -0.05) is 19.1 Å². The van der Waals surface area contributed by atoms with E-state index in [1.54, 1.807) is 18.2 Å². The number of nitrogens with zero attached hydrogens (tertiary/aromatic N) is 1. The number of aromatic hydroxyl groups is 1. The molecule has 0 saturated heterocycles. The molecule has 0 unspecified atom stereocenters. The Morgan fingerprint density at radius 2 is 2.00 bits per heavy atom. The second-order valence-electron chi connectivity index (χ2n) is 8.48. The van der Waals surface area contributed by atoms with Gasteiger partial charge < -0.3 is 20.5 Å². The van der Waals surface area contributed by atoms with E-state index in [2.05, 4.69) is 15.6 Å². The van der Waals surface area contributed by atoms with Crippen LogP contribution >= 0.6 is 0 Å². The first kappa shape index (κ1) is 21.6. The number of allylic oxidation sites excluding steroid dienone is 3. The zero-order chi connectivity index (χ0) is 23.0. The maximum atomic E-state index is 13.5. The van der Waals surface area contributed by atoms with Crippen LogP contribution in [0.1, 0.15) is 43.9 Å². The Morgan fingerprint density at radius 1 is 1.22 bits per heavy atom. The molecule has 0 fully saturated rings. The van der Waals surface area contributed by atoms with Gasteiger partial charge in [0.25, 0.3) is 5.91 Å². The lowest BCUT2D eigenvalue weighted by Gasteiger charge is -2.36. The number of aromatic nitrogens is 1. The van der Waals surface area contributed by atoms with Crippen LogP contribution in [0.15, 0.2) is 58.9 Å². The van der Waals surface area contributed by atoms with Crippen LogP contribution in [0.3, 0.4) is 0 Å². The highest BCUT2D eigenvalue weighted by Gasteiger charge is 2.40. The number of carbonyl (C=O) groups is 2. The molecule has 166 valence electrons. The van der Waals surface area contributed by atoms with Crippen LogP contribution in [0.5, 0.6) is 11.5 Å². The number of nitrogens with one attached hydrogen (secondary N) is 2. The Morgan fingerprint density at radius 3 is 2.72 bits per heavy atom. The van der Waals surface area contributed by atoms with Gasteiger partial charge in [0.2, 0.25) is 0 Å². The number of dihydropyridines is 1. The molecule has 7 heteroatoms. The second kappa shape index (κ2) is 8.49. The van der Waals surface area contributed by atoms with E-state index in [1.165, 1.54) is 13.2 Å². The average Bonchev–Trinajstić information content (AvgIpc) is 2.72. The van der Waals surface area contributed by atoms with E-state index >= 15 is 0 Å². The number of rotatable bonds is 4. The quantitative estimate of drug-likeness (QED) is 0.675. The van der Waals surface area contributed by atoms with Gasteiger partial charge in [0.1, 0.15) is 5.82 Å². The number of aryl methyl sites for hydroxylation is 1. The second-order valence-corrected chi connectivity index (χ2v) is 8.48. The van der Waals surface area contributed by atoms with Gasteiger partial charge in [0, 0.05) is 40.6 Å². The number of hydrogen-bond donors (Lipinski definition) is 3. The number of phenols is 1. The van der Waals surface area contributed by atoms with Crippen LogP contribution in [0.4, 0.5) is 5.82 Å². The van der Waals surface area contributed by atoms with Crippen LogP contribution in [0.2, 0.25) is 0 Å². The van der Waals surface area contributed by atoms with E-state index in [-0.39, 0.29) is 29.1 Å². The molecule has 1 aromatic heterocycles. The van der Waals surface area contributed by atoms with E-state index in [1.807, 2.05) is 32.9 Å². The van der Waals surface area contributed by atoms with Crippen molar-refractivity contribution in [3.63, 3.8) is 0 Å². The number of amides is 1. The fourth-order valence-corrected chi connectivity index (χ4v) is 4.54. The van der Waals surface area contributed by atoms with Crippen molar-refractivity contribution in [2.75, 3.05) is 12.4 Å². The molecule has 1 aromatic carbocycles. The van der Waals surface area contributed by atoms with Gasteiger partial charge in [0.15, 0.2) is 17.3 Å². The highest BCUT2D eigenvalue weighted by Crippen LogP contribution is 2.45. The predicted molar refractivity (Wildman–Crippen MR) is 121 cm³/mol. The first-order chi connectivity index (χ1) is 15.3. The van der Waals surface area contributed by atoms with Crippen molar-refractivity contribution in [1.29, 1.82) is 0 Å². The number of ketones is 1. The number of pyridine rings is 1. The van der Waals surface area contributed by atoms with Crippen LogP contribution in [0, 0.1) is 12.8 Å². The van der Waals surface area contributed by atoms with E-state index in [0.717, 1.165) is 17.8 Å². The maximum absolute atomic E-state index is 13.5. The molecule has 1 amide bonds. The van der Waals surface area contributed by atoms with Gasteiger partial charge in [0.05, 0.1) is 7.11 Å². The van der Waals surface area contributed by atoms with Gasteiger partial charge in [-0.25, -0.2) is 4.98 Å². The summed E-state index contributed by atoms with van der Waals surface area (Å²) in [4.78, 5) is 31.0. The summed E-state index contributed by atoms with van der Waals surface area (Å²) in [5.74, 6) is 0.0730. The number of hydrogen-bond acceptors (Lipinski definition) is 6. The molecule has 7 nitrogen and oxygen atoms in total. The van der Waals surface area contributed by atoms with Gasteiger partial charge in [-0.2, -0.15) is 0 Å². The van der Waals surface area contributed by atoms with Crippen molar-refractivity contribution >= 4 is 17.5 Å². The van der Waals surface area contributed by atoms with Gasteiger partial charge in [-0.15, -0.1) is 0 Å². The molecule has 32 heavy (non-hydrogen) atoms. The fraction of sp³-hybridized carbons (Fsp3) is 0.320. The molecule has 0 saturated carbocycles. The molecule has 1 aliphatic carbocycles. The molecule has 2 aliphatic rings. The van der Waals surface area contributed by atoms with Crippen molar-refractivity contribution in [1.82, 2.24) is 10.3 Å². The van der Waals surface area contributed by atoms with E-state index in [0.29, 0.717) is 34.6 Å². The number of phenolic OH excluding ortho intramolecular Hbond substituents is 1. The Balaban J connectivity index is 1.82. The molecule has 2 heterocycles. The zero-order valence-electron chi connectivity index (χ0n) is 18.7. The highest BCUT2D eigenvalue weighted by atomic mass is 16.5. The van der Waals surface area contributed by atoms with Crippen molar-refractivity contribution < 1.29 is 19.4 Å². The lowest BCUT2D eigenvalue weighted by Crippen LogP contribution is -2.37. The number of anilines is 1. The minimum atomic E-state index is -0.578. The summed E-state index contributed by atoms with van der Waals surface area (Å²) in [6.45, 7) is 5.75. The number of benzene rings is 1. The van der Waals surface area contributed by atoms with Crippen LogP contribution < -0.4 is 15.4 Å². The summed E-state index contributed by atoms with van der Waals surface area (Å²) in [6.07, 6.45) is 1.16. The third-order valence-corrected chi connectivity index (χ3v) is 5.94. The highest BCUT2D eigenvalue weighted by molar-refractivity contribution is 6.09. The predicted octanol–water partition coefficient (Wildman–Crippen LogP) is 3.96. The maximum Gasteiger partial charge on any atom is 0.255 e. The molecular weight excluding hydrogens is 406 g/mol. The molecule has 2 aromatic rings. The monoisotopic (exact) mass is 433 g/mol. The van der Waals surface area contributed by atoms with E-state index < -0.39 is 5.92 Å². The molecule has 0 radical (unpaired) electrons. The van der Waals surface area contributed by atoms with Crippen molar-refractivity contribution in [3.05, 3.63) is 70.2 Å². The van der Waals surface area contributed by atoms with E-state index in [9.17, 15) is 14.7 Å². The zero-order valence-corrected chi connectivity index (χ0v) is 18.7. The molecule has 1 aliphatic heterocycles. The topological polar surface area (TPSA) is 101 Å². The SMILES string of the molecule is COc1cc([C@H]2C(C(=O)Nc3cccc(C)n3)=C(C)NC3=C2C(=O)C[C@H](C)C3)ccc1O. The van der Waals surface area contributed by atoms with Crippen molar-refractivity contribution in [2.45, 2.75) is 39.5 Å². The number of Topliss-reactive ketones (excluding diaryl/α,β-unsaturated/α-hetero) is 1. The molecule has 3 N–H and O–H groups in total. The third-order valence-electron chi connectivity index (χ3n) is 5.94. The average molecular weight is 434 g/mol. The molecule has 0 spiro atoms. The minimum Gasteiger partial charge on any atom is -0.504 e. The number of ether oxygens (including phenoxy) is 1. The number of carbonyl (C=O) groups excluding carboxylic acids is 2. The first-order valence-electron chi connectivity index (χ1n) is 10.6. The van der Waals surface area contributed by atoms with Crippen LogP contribution in [-0.2, 0) is 9.59 Å². The minimum absolute atomic E-state index is 0.00126. The lowest BCUT2D eigenvalue weighted by molar-refractivity contribution is -0.117. The summed E-state index contributed by atoms with van der Waals surface area (Å²) in [6, 6.07) is 10.4. The largest absolute Gasteiger partial charge is 0.504 e. The van der Waals surface area contributed by atoms with Crippen LogP contribution in [0.25, 0.3) is 0 Å². The molecule has 4 rings (SSSR count). The Labute approximate surface area is 187 Å². The van der Waals surface area contributed by atoms with E-state index in [4.69, 9.17) is 4.74 Å². The van der Waals surface area contributed by atoms with Crippen molar-refractivity contribution in [2.24, 2.45) is 5.92 Å². The van der Waals surface area contributed by atoms with Gasteiger partial charge in [-0.05, 0) is 56.0 Å². The summed E-state index contributed by atoms with van der Waals surface area (Å²) in [7, 11) is 1.47. The van der Waals surface area contributed by atoms with Gasteiger partial charge in [-0.3, -0.25) is 9.59 Å². The summed E-state index contributed by atoms with van der Waals surface area (Å²) in [5, 5.41) is 16.3. The third kappa shape index (κ3) is 3.98. The van der Waals surface area contributed by atoms with Crippen LogP contribution in [-0.4, -0.2) is 28.9 Å². The lowest BCUT2D eigenvalue weighted by atomic mass is 9.73. The first-order valence-corrected chi connectivity index (χ1v) is 10.6. The Hall–Kier alpha value is -3.61. The molecule has 0 bridgehead atoms. The smallest absolute Gasteiger partial charge is 0.255 e. The molecule has 2 atom stereocenters. The fourth-order valence-electron chi connectivity index (χ4n) is 4.54. The Bertz CT molecular complexity index is 1170. The van der Waals surface area contributed by atoms with Crippen molar-refractivity contribution in [3.8, 4) is 11.5 Å². The number of methoxy groups -OCH3 is 1. The molecular formula is C25H27N3O4. The summed E-state index contributed by atoms with van der Waals surface area (Å²) < 4.78 is 5.29. The summed E-state index contributed by atoms with van der Waals surface area (Å²) in [5.41, 5.74) is 4.09. The van der Waals surface area contributed by atoms with Gasteiger partial charge >= 0.3 is 0 Å². The standard InChI is InChI=1S/C25H27N3O4/c1-13-10-17-24(19(30)11-13)23(16-8-9-18(29)20(12-16)32-4)22(15(3)27-17)25(31)28-21-7-5-6-14(2)26-21/h5-9,12-13,23,27,29H,10-11H2,1-4H3,(H,26,28,31)/t13-,23+/m1/s1. The summed E-state index contributed by atoms with van der Waals surface area (Å²) >= 11 is 0. The normalized spacial score (nSPS) is 20.6.